The number of nitrogens with zero attached hydrogens (tertiary/aromatic N) is 5. The van der Waals surface area contributed by atoms with E-state index in [9.17, 15) is 85.0 Å². The van der Waals surface area contributed by atoms with E-state index in [1.165, 1.54) is 6.07 Å². The van der Waals surface area contributed by atoms with Crippen molar-refractivity contribution in [3.63, 3.8) is 0 Å². The second kappa shape index (κ2) is 34.6. The van der Waals surface area contributed by atoms with Crippen molar-refractivity contribution in [1.82, 2.24) is 24.5 Å². The monoisotopic (exact) mass is 1260 g/mol. The summed E-state index contributed by atoms with van der Waals surface area (Å²) >= 11 is 0. The Morgan fingerprint density at radius 1 is 0.612 bits per heavy atom. The number of nitrogens with two attached hydrogens (primary N) is 3. The van der Waals surface area contributed by atoms with Crippen LogP contribution in [0.15, 0.2) is 36.4 Å². The number of likely N-dealkylation sites (tertiary alicyclic amines) is 2. The zero-order chi connectivity index (χ0) is 67.1. The minimum atomic E-state index is -5.81. The number of carboxylic acid groups (broad SMARTS) is 1. The summed E-state index contributed by atoms with van der Waals surface area (Å²) in [5.41, 5.74) is 17.3. The fourth-order valence-corrected chi connectivity index (χ4v) is 7.78. The topological polar surface area (TPSA) is 210 Å². The highest BCUT2D eigenvalue weighted by molar-refractivity contribution is 5.71. The predicted molar refractivity (Wildman–Crippen MR) is 291 cm³/mol. The molecule has 0 bridgehead atoms. The predicted octanol–water partition coefficient (Wildman–Crippen LogP) is 12.4. The van der Waals surface area contributed by atoms with Gasteiger partial charge < -0.3 is 46.3 Å². The average molecular weight is 1260 g/mol. The summed E-state index contributed by atoms with van der Waals surface area (Å²) in [6, 6.07) is 8.62. The molecule has 2 aliphatic rings. The number of hydrogen-bond donors (Lipinski definition) is 4. The first-order chi connectivity index (χ1) is 38.6. The van der Waals surface area contributed by atoms with Crippen molar-refractivity contribution in [3.05, 3.63) is 58.7 Å². The molecule has 2 aliphatic heterocycles. The van der Waals surface area contributed by atoms with Crippen LogP contribution in [0.3, 0.4) is 0 Å². The third kappa shape index (κ3) is 29.0. The molecule has 2 aromatic carbocycles. The molecule has 0 aliphatic carbocycles. The van der Waals surface area contributed by atoms with Gasteiger partial charge in [0.05, 0.1) is 18.7 Å². The van der Waals surface area contributed by atoms with Gasteiger partial charge in [-0.05, 0) is 129 Å². The number of hydrogen-bond acceptors (Lipinski definition) is 13. The van der Waals surface area contributed by atoms with Crippen LogP contribution in [0, 0.1) is 6.92 Å². The minimum Gasteiger partial charge on any atom is -0.480 e. The molecule has 16 nitrogen and oxygen atoms in total. The van der Waals surface area contributed by atoms with Gasteiger partial charge in [-0.25, -0.2) is 9.59 Å². The van der Waals surface area contributed by atoms with Gasteiger partial charge in [-0.2, -0.15) is 65.9 Å². The number of ether oxygens (including phenoxy) is 3. The van der Waals surface area contributed by atoms with E-state index in [1.54, 1.807) is 39.6 Å². The molecule has 2 amide bonds. The number of piperidine rings is 2. The molecule has 31 heteroatoms. The number of benzene rings is 2. The molecule has 2 fully saturated rings. The van der Waals surface area contributed by atoms with E-state index in [0.717, 1.165) is 46.1 Å². The number of halogens is 15. The molecule has 2 heterocycles. The lowest BCUT2D eigenvalue weighted by Gasteiger charge is -2.45. The number of nitrogen functional groups attached to an aromatic ring is 2. The van der Waals surface area contributed by atoms with Gasteiger partial charge in [-0.1, -0.05) is 59.7 Å². The van der Waals surface area contributed by atoms with Gasteiger partial charge in [0.2, 0.25) is 0 Å². The highest BCUT2D eigenvalue weighted by Crippen LogP contribution is 2.39. The maximum absolute atomic E-state index is 12.8. The van der Waals surface area contributed by atoms with Crippen LogP contribution in [0.1, 0.15) is 124 Å². The number of esters is 1. The second-order valence-electron chi connectivity index (χ2n) is 20.6. The summed E-state index contributed by atoms with van der Waals surface area (Å²) in [4.78, 5) is 51.7. The zero-order valence-corrected chi connectivity index (χ0v) is 50.5. The lowest BCUT2D eigenvalue weighted by Crippen LogP contribution is -2.54. The smallest absolute Gasteiger partial charge is 0.434 e. The maximum Gasteiger partial charge on any atom is 0.434 e. The van der Waals surface area contributed by atoms with E-state index >= 15 is 0 Å². The van der Waals surface area contributed by atoms with E-state index in [4.69, 9.17) is 27.0 Å². The summed E-state index contributed by atoms with van der Waals surface area (Å²) in [6.07, 6.45) is -38.3. The van der Waals surface area contributed by atoms with E-state index < -0.39 is 83.5 Å². The zero-order valence-electron chi connectivity index (χ0n) is 50.5. The van der Waals surface area contributed by atoms with Gasteiger partial charge in [-0.15, -0.1) is 0 Å². The number of likely N-dealkylation sites (N-methyl/N-ethyl adjacent to an activating group) is 1. The van der Waals surface area contributed by atoms with Gasteiger partial charge in [0.15, 0.2) is 0 Å². The fraction of sp³-hybridized carbons (Fsp3) is 0.704. The molecule has 0 unspecified atom stereocenters. The number of amides is 2. The first-order valence-corrected chi connectivity index (χ1v) is 26.9. The van der Waals surface area contributed by atoms with Crippen LogP contribution < -0.4 is 17.2 Å². The van der Waals surface area contributed by atoms with Crippen molar-refractivity contribution < 1.29 is 104 Å². The van der Waals surface area contributed by atoms with Gasteiger partial charge in [0.1, 0.15) is 5.60 Å². The molecule has 85 heavy (non-hydrogen) atoms. The Bertz CT molecular complexity index is 2300. The van der Waals surface area contributed by atoms with Crippen LogP contribution in [0.25, 0.3) is 0 Å². The van der Waals surface area contributed by atoms with E-state index in [2.05, 4.69) is 9.47 Å². The van der Waals surface area contributed by atoms with Crippen molar-refractivity contribution in [1.29, 1.82) is 0 Å². The number of carbonyl (C=O) groups is 4. The van der Waals surface area contributed by atoms with Crippen molar-refractivity contribution >= 4 is 35.5 Å². The van der Waals surface area contributed by atoms with Crippen LogP contribution in [-0.4, -0.2) is 174 Å². The van der Waals surface area contributed by atoms with Crippen molar-refractivity contribution in [2.75, 3.05) is 77.9 Å². The lowest BCUT2D eigenvalue weighted by molar-refractivity contribution is -0.309. The molecular weight excluding hydrogens is 1170 g/mol. The number of aliphatic carboxylic acids is 1. The van der Waals surface area contributed by atoms with Gasteiger partial charge in [0, 0.05) is 61.7 Å². The van der Waals surface area contributed by atoms with Crippen molar-refractivity contribution in [2.45, 2.75) is 182 Å². The van der Waals surface area contributed by atoms with Gasteiger partial charge in [0.25, 0.3) is 12.2 Å². The summed E-state index contributed by atoms with van der Waals surface area (Å²) in [6.45, 7) is 24.9. The lowest BCUT2D eigenvalue weighted by atomic mass is 9.87. The largest absolute Gasteiger partial charge is 0.480 e. The van der Waals surface area contributed by atoms with Crippen molar-refractivity contribution in [2.24, 2.45) is 5.73 Å². The Hall–Kier alpha value is -5.69. The molecule has 4 rings (SSSR count). The van der Waals surface area contributed by atoms with Crippen LogP contribution in [0.4, 0.5) is 86.8 Å². The Labute approximate surface area is 487 Å². The Kier molecular flexibility index (Phi) is 33.1. The molecule has 2 saturated heterocycles. The molecule has 7 N–H and O–H groups in total. The third-order valence-corrected chi connectivity index (χ3v) is 13.1. The Morgan fingerprint density at radius 3 is 1.18 bits per heavy atom. The number of alkyl halides is 15. The minimum absolute atomic E-state index is 0.0223. The summed E-state index contributed by atoms with van der Waals surface area (Å²) < 4.78 is 202. The van der Waals surface area contributed by atoms with E-state index in [1.807, 2.05) is 90.4 Å². The first-order valence-electron chi connectivity index (χ1n) is 26.9. The SMILES string of the molecule is CC.CC.CC(C)(C)OC(=O)CN.CCN(CC)CC(=O)O.CN(Cc1ccc(C(F)(F)F)cc1N)C1(C)CCN(C(=O)OC(C(F)(F)F)C(F)(F)F)CC1.Cc1ccc(CN(C)C2(C)CCN(C(=O)OC(C(F)(F)F)C(F)(F)F)CC2)c(N)c1. The van der Waals surface area contributed by atoms with Gasteiger partial charge in [-0.3, -0.25) is 24.3 Å². The summed E-state index contributed by atoms with van der Waals surface area (Å²) in [7, 11) is 3.51. The molecule has 0 saturated carbocycles. The average Bonchev–Trinajstić information content (AvgIpc) is 3.34. The Morgan fingerprint density at radius 2 is 0.941 bits per heavy atom. The quantitative estimate of drug-likeness (QED) is 0.0636. The van der Waals surface area contributed by atoms with Crippen LogP contribution >= 0.6 is 0 Å². The van der Waals surface area contributed by atoms with E-state index in [-0.39, 0.29) is 70.3 Å². The van der Waals surface area contributed by atoms with Crippen molar-refractivity contribution in [3.8, 4) is 0 Å². The van der Waals surface area contributed by atoms with Crippen LogP contribution in [0.2, 0.25) is 0 Å². The number of rotatable bonds is 13. The highest BCUT2D eigenvalue weighted by atomic mass is 19.4. The maximum atomic E-state index is 12.8. The first kappa shape index (κ1) is 81.4. The highest BCUT2D eigenvalue weighted by Gasteiger charge is 2.61. The standard InChI is InChI=1S/C19H22F9N3O2.C19H25F6N3O2.2C6H13NO2.2C2H6/c1-16(30(2)10-11-3-4-12(9-13(11)29)17(20,21)22)5-7-31(8-6-16)15(32)33-14(18(23,24)25)19(26,27)28;1-12-4-5-13(14(26)10-12)11-27(3)17(2)6-8-28(9-7-17)16(29)30-15(18(20,21)22)19(23,24)25;1-6(2,3)9-5(8)4-7;1-3-7(4-2)5-6(8)9;2*1-2/h3-4,9,14H,5-8,10,29H2,1-2H3;4-5,10,15H,6-9,11,26H2,1-3H3;4,7H2,1-3H3;3-5H2,1-2H3,(H,8,9);2*1-2H3. The number of carbonyl (C=O) groups excluding carboxylic acids is 3. The molecule has 0 radical (unpaired) electrons. The summed E-state index contributed by atoms with van der Waals surface area (Å²) in [5, 5.41) is 8.30. The Balaban J connectivity index is 0. The fourth-order valence-electron chi connectivity index (χ4n) is 7.78. The molecule has 0 aromatic heterocycles. The summed E-state index contributed by atoms with van der Waals surface area (Å²) in [5.74, 6) is -1.11. The molecular formula is C54H85F15N8O8. The molecule has 0 atom stereocenters. The van der Waals surface area contributed by atoms with Crippen LogP contribution in [0.5, 0.6) is 0 Å². The molecule has 2 aromatic rings. The third-order valence-electron chi connectivity index (χ3n) is 13.1. The molecule has 494 valence electrons. The number of carboxylic acids is 1. The number of anilines is 2. The molecule has 0 spiro atoms. The number of aryl methyl sites for hydroxylation is 1. The van der Waals surface area contributed by atoms with E-state index in [0.29, 0.717) is 30.6 Å². The van der Waals surface area contributed by atoms with Crippen LogP contribution in [-0.2, 0) is 43.1 Å². The normalized spacial score (nSPS) is 15.4. The van der Waals surface area contributed by atoms with Gasteiger partial charge >= 0.3 is 55.0 Å². The second-order valence-corrected chi connectivity index (χ2v) is 20.6.